The summed E-state index contributed by atoms with van der Waals surface area (Å²) in [6, 6.07) is 9.83. The standard InChI is InChI=1S/C15H11F2N3O/c16-13-5-9(7-18)6-14(17)12(13)8-20-11-3-1-10(2-4-11)15(19)21/h1-6,20H,8H2,(H2,19,21). The second-order valence-corrected chi connectivity index (χ2v) is 4.33. The number of hydrogen-bond acceptors (Lipinski definition) is 3. The van der Waals surface area contributed by atoms with Crippen LogP contribution >= 0.6 is 0 Å². The lowest BCUT2D eigenvalue weighted by Crippen LogP contribution is -2.11. The number of carbonyl (C=O) groups excluding carboxylic acids is 1. The molecule has 0 aliphatic rings. The van der Waals surface area contributed by atoms with Crippen molar-refractivity contribution in [3.8, 4) is 6.07 Å². The summed E-state index contributed by atoms with van der Waals surface area (Å²) in [7, 11) is 0. The summed E-state index contributed by atoms with van der Waals surface area (Å²) in [5.74, 6) is -2.12. The average Bonchev–Trinajstić information content (AvgIpc) is 2.46. The summed E-state index contributed by atoms with van der Waals surface area (Å²) in [6.45, 7) is -0.0840. The summed E-state index contributed by atoms with van der Waals surface area (Å²) in [4.78, 5) is 10.9. The predicted molar refractivity (Wildman–Crippen MR) is 73.4 cm³/mol. The second-order valence-electron chi connectivity index (χ2n) is 4.33. The SMILES string of the molecule is N#Cc1cc(F)c(CNc2ccc(C(N)=O)cc2)c(F)c1. The quantitative estimate of drug-likeness (QED) is 0.907. The van der Waals surface area contributed by atoms with Crippen LogP contribution in [0.5, 0.6) is 0 Å². The van der Waals surface area contributed by atoms with E-state index in [1.165, 1.54) is 12.1 Å². The molecule has 0 aliphatic heterocycles. The molecule has 0 radical (unpaired) electrons. The third-order valence-corrected chi connectivity index (χ3v) is 2.91. The predicted octanol–water partition coefficient (Wildman–Crippen LogP) is 2.55. The molecule has 21 heavy (non-hydrogen) atoms. The van der Waals surface area contributed by atoms with Crippen molar-refractivity contribution in [3.05, 3.63) is 64.7 Å². The summed E-state index contributed by atoms with van der Waals surface area (Å²) in [5, 5.41) is 11.5. The molecule has 4 nitrogen and oxygen atoms in total. The zero-order chi connectivity index (χ0) is 15.4. The van der Waals surface area contributed by atoms with Gasteiger partial charge in [0.05, 0.1) is 11.6 Å². The zero-order valence-electron chi connectivity index (χ0n) is 10.9. The number of nitriles is 1. The Bertz CT molecular complexity index is 698. The van der Waals surface area contributed by atoms with Crippen LogP contribution in [0.4, 0.5) is 14.5 Å². The maximum atomic E-state index is 13.7. The van der Waals surface area contributed by atoms with E-state index in [1.54, 1.807) is 18.2 Å². The summed E-state index contributed by atoms with van der Waals surface area (Å²) >= 11 is 0. The first kappa shape index (κ1) is 14.5. The summed E-state index contributed by atoms with van der Waals surface area (Å²) in [6.07, 6.45) is 0. The van der Waals surface area contributed by atoms with Gasteiger partial charge in [-0.15, -0.1) is 0 Å². The third-order valence-electron chi connectivity index (χ3n) is 2.91. The minimum Gasteiger partial charge on any atom is -0.381 e. The molecule has 0 fully saturated rings. The van der Waals surface area contributed by atoms with Gasteiger partial charge in [-0.1, -0.05) is 0 Å². The highest BCUT2D eigenvalue weighted by molar-refractivity contribution is 5.93. The monoisotopic (exact) mass is 287 g/mol. The molecule has 0 aliphatic carbocycles. The highest BCUT2D eigenvalue weighted by Crippen LogP contribution is 2.17. The van der Waals surface area contributed by atoms with E-state index < -0.39 is 17.5 Å². The Morgan fingerprint density at radius 2 is 1.76 bits per heavy atom. The Hall–Kier alpha value is -2.94. The average molecular weight is 287 g/mol. The molecule has 3 N–H and O–H groups in total. The van der Waals surface area contributed by atoms with E-state index >= 15 is 0 Å². The van der Waals surface area contributed by atoms with E-state index in [1.807, 2.05) is 0 Å². The van der Waals surface area contributed by atoms with Crippen molar-refractivity contribution in [1.82, 2.24) is 0 Å². The molecule has 0 saturated carbocycles. The Kier molecular flexibility index (Phi) is 4.14. The van der Waals surface area contributed by atoms with Crippen LogP contribution < -0.4 is 11.1 Å². The van der Waals surface area contributed by atoms with Crippen molar-refractivity contribution >= 4 is 11.6 Å². The number of primary amides is 1. The molecule has 2 aromatic carbocycles. The number of hydrogen-bond donors (Lipinski definition) is 2. The molecule has 0 bridgehead atoms. The molecule has 0 unspecified atom stereocenters. The van der Waals surface area contributed by atoms with Crippen LogP contribution in [0.25, 0.3) is 0 Å². The number of carbonyl (C=O) groups is 1. The lowest BCUT2D eigenvalue weighted by atomic mass is 10.1. The van der Waals surface area contributed by atoms with Gasteiger partial charge >= 0.3 is 0 Å². The minimum absolute atomic E-state index is 0.0699. The van der Waals surface area contributed by atoms with Gasteiger partial charge in [0.15, 0.2) is 0 Å². The van der Waals surface area contributed by atoms with Gasteiger partial charge in [-0.05, 0) is 36.4 Å². The van der Waals surface area contributed by atoms with Gasteiger partial charge in [-0.3, -0.25) is 4.79 Å². The number of nitrogens with zero attached hydrogens (tertiary/aromatic N) is 1. The Balaban J connectivity index is 2.13. The summed E-state index contributed by atoms with van der Waals surface area (Å²) < 4.78 is 27.4. The van der Waals surface area contributed by atoms with Crippen molar-refractivity contribution in [1.29, 1.82) is 5.26 Å². The number of benzene rings is 2. The third kappa shape index (κ3) is 3.34. The maximum Gasteiger partial charge on any atom is 0.248 e. The van der Waals surface area contributed by atoms with E-state index in [0.717, 1.165) is 12.1 Å². The highest BCUT2D eigenvalue weighted by Gasteiger charge is 2.11. The van der Waals surface area contributed by atoms with Crippen LogP contribution in [0, 0.1) is 23.0 Å². The Morgan fingerprint density at radius 1 is 1.19 bits per heavy atom. The van der Waals surface area contributed by atoms with E-state index in [4.69, 9.17) is 11.0 Å². The lowest BCUT2D eigenvalue weighted by Gasteiger charge is -2.09. The Labute approximate surface area is 119 Å². The van der Waals surface area contributed by atoms with Crippen molar-refractivity contribution in [2.24, 2.45) is 5.73 Å². The van der Waals surface area contributed by atoms with E-state index in [9.17, 15) is 13.6 Å². The molecule has 6 heteroatoms. The molecule has 0 aromatic heterocycles. The van der Waals surface area contributed by atoms with Gasteiger partial charge < -0.3 is 11.1 Å². The topological polar surface area (TPSA) is 78.9 Å². The van der Waals surface area contributed by atoms with Gasteiger partial charge in [0.2, 0.25) is 5.91 Å². The molecule has 0 heterocycles. The first-order valence-electron chi connectivity index (χ1n) is 6.03. The van der Waals surface area contributed by atoms with Crippen LogP contribution in [-0.4, -0.2) is 5.91 Å². The van der Waals surface area contributed by atoms with E-state index in [-0.39, 0.29) is 17.7 Å². The molecule has 2 aromatic rings. The summed E-state index contributed by atoms with van der Waals surface area (Å²) in [5.41, 5.74) is 5.81. The van der Waals surface area contributed by atoms with Crippen LogP contribution in [0.3, 0.4) is 0 Å². The van der Waals surface area contributed by atoms with Gasteiger partial charge in [-0.25, -0.2) is 8.78 Å². The van der Waals surface area contributed by atoms with Gasteiger partial charge in [0.25, 0.3) is 0 Å². The number of rotatable bonds is 4. The fourth-order valence-corrected chi connectivity index (χ4v) is 1.78. The van der Waals surface area contributed by atoms with Crippen molar-refractivity contribution in [2.45, 2.75) is 6.54 Å². The van der Waals surface area contributed by atoms with Gasteiger partial charge in [-0.2, -0.15) is 5.26 Å². The zero-order valence-corrected chi connectivity index (χ0v) is 10.9. The number of anilines is 1. The molecule has 0 atom stereocenters. The van der Waals surface area contributed by atoms with Gasteiger partial charge in [0.1, 0.15) is 11.6 Å². The molecule has 2 rings (SSSR count). The fourth-order valence-electron chi connectivity index (χ4n) is 1.78. The van der Waals surface area contributed by atoms with Crippen molar-refractivity contribution in [3.63, 3.8) is 0 Å². The molecule has 0 saturated heterocycles. The van der Waals surface area contributed by atoms with Crippen LogP contribution in [0.2, 0.25) is 0 Å². The van der Waals surface area contributed by atoms with E-state index in [2.05, 4.69) is 5.32 Å². The first-order chi connectivity index (χ1) is 10.0. The molecular weight excluding hydrogens is 276 g/mol. The molecule has 1 amide bonds. The maximum absolute atomic E-state index is 13.7. The lowest BCUT2D eigenvalue weighted by molar-refractivity contribution is 0.100. The smallest absolute Gasteiger partial charge is 0.248 e. The largest absolute Gasteiger partial charge is 0.381 e. The number of halogens is 2. The van der Waals surface area contributed by atoms with Crippen LogP contribution in [0.1, 0.15) is 21.5 Å². The van der Waals surface area contributed by atoms with Crippen LogP contribution in [0.15, 0.2) is 36.4 Å². The molecule has 0 spiro atoms. The number of nitrogens with two attached hydrogens (primary N) is 1. The van der Waals surface area contributed by atoms with Crippen molar-refractivity contribution < 1.29 is 13.6 Å². The fraction of sp³-hybridized carbons (Fsp3) is 0.0667. The number of amides is 1. The molecular formula is C15H11F2N3O. The number of nitrogens with one attached hydrogen (secondary N) is 1. The second kappa shape index (κ2) is 6.01. The van der Waals surface area contributed by atoms with E-state index in [0.29, 0.717) is 11.3 Å². The molecule has 106 valence electrons. The van der Waals surface area contributed by atoms with Crippen LogP contribution in [-0.2, 0) is 6.54 Å². The minimum atomic E-state index is -0.784. The highest BCUT2D eigenvalue weighted by atomic mass is 19.1. The Morgan fingerprint density at radius 3 is 2.24 bits per heavy atom. The normalized spacial score (nSPS) is 9.95. The first-order valence-corrected chi connectivity index (χ1v) is 6.03. The van der Waals surface area contributed by atoms with Crippen molar-refractivity contribution in [2.75, 3.05) is 5.32 Å². The van der Waals surface area contributed by atoms with Gasteiger partial charge in [0, 0.05) is 23.4 Å².